The molecule has 0 aliphatic carbocycles. The summed E-state index contributed by atoms with van der Waals surface area (Å²) in [4.78, 5) is 7.92. The van der Waals surface area contributed by atoms with Crippen LogP contribution in [0.4, 0.5) is 0 Å². The van der Waals surface area contributed by atoms with Gasteiger partial charge in [-0.2, -0.15) is 0 Å². The molecule has 6 nitrogen and oxygen atoms in total. The molecular formula is C11H19ClN4O2S. The molecule has 0 aromatic carbocycles. The number of halogens is 1. The van der Waals surface area contributed by atoms with Crippen molar-refractivity contribution in [2.45, 2.75) is 31.1 Å². The summed E-state index contributed by atoms with van der Waals surface area (Å²) in [6, 6.07) is 0.244. The van der Waals surface area contributed by atoms with E-state index in [4.69, 9.17) is 0 Å². The van der Waals surface area contributed by atoms with Crippen LogP contribution in [0.1, 0.15) is 30.7 Å². The molecule has 1 saturated heterocycles. The zero-order chi connectivity index (χ0) is 13.0. The van der Waals surface area contributed by atoms with Crippen molar-refractivity contribution in [1.29, 1.82) is 0 Å². The first-order valence-corrected chi connectivity index (χ1v) is 7.62. The van der Waals surface area contributed by atoms with Crippen LogP contribution in [-0.2, 0) is 10.0 Å². The van der Waals surface area contributed by atoms with Gasteiger partial charge in [0.1, 0.15) is 5.25 Å². The maximum absolute atomic E-state index is 12.1. The van der Waals surface area contributed by atoms with Crippen LogP contribution in [0.5, 0.6) is 0 Å². The Morgan fingerprint density at radius 1 is 1.53 bits per heavy atom. The fourth-order valence-corrected chi connectivity index (χ4v) is 3.08. The summed E-state index contributed by atoms with van der Waals surface area (Å²) in [6.45, 7) is 3.02. The highest BCUT2D eigenvalue weighted by Gasteiger charge is 2.25. The Kier molecular flexibility index (Phi) is 6.12. The van der Waals surface area contributed by atoms with Crippen molar-refractivity contribution in [3.05, 3.63) is 24.3 Å². The highest BCUT2D eigenvalue weighted by Crippen LogP contribution is 2.17. The highest BCUT2D eigenvalue weighted by molar-refractivity contribution is 7.89. The number of nitrogens with zero attached hydrogens (tertiary/aromatic N) is 2. The Morgan fingerprint density at radius 2 is 2.32 bits per heavy atom. The van der Waals surface area contributed by atoms with E-state index in [1.54, 1.807) is 6.92 Å². The second kappa shape index (κ2) is 7.14. The Hall–Kier alpha value is -0.760. The molecule has 8 heteroatoms. The third-order valence-corrected chi connectivity index (χ3v) is 4.90. The van der Waals surface area contributed by atoms with Gasteiger partial charge < -0.3 is 5.32 Å². The highest BCUT2D eigenvalue weighted by atomic mass is 35.5. The van der Waals surface area contributed by atoms with Gasteiger partial charge >= 0.3 is 0 Å². The topological polar surface area (TPSA) is 84.0 Å². The number of aromatic nitrogens is 2. The van der Waals surface area contributed by atoms with Crippen molar-refractivity contribution >= 4 is 22.4 Å². The largest absolute Gasteiger partial charge is 0.313 e. The van der Waals surface area contributed by atoms with Crippen LogP contribution < -0.4 is 10.0 Å². The minimum absolute atomic E-state index is 0. The van der Waals surface area contributed by atoms with E-state index in [-0.39, 0.29) is 18.4 Å². The fourth-order valence-electron chi connectivity index (χ4n) is 1.95. The summed E-state index contributed by atoms with van der Waals surface area (Å²) in [5.41, 5.74) is 0.462. The number of rotatable bonds is 5. The molecule has 1 aromatic rings. The van der Waals surface area contributed by atoms with Crippen molar-refractivity contribution in [2.24, 2.45) is 0 Å². The van der Waals surface area contributed by atoms with E-state index in [0.717, 1.165) is 19.4 Å². The lowest BCUT2D eigenvalue weighted by molar-refractivity contribution is 0.543. The summed E-state index contributed by atoms with van der Waals surface area (Å²) < 4.78 is 26.8. The molecule has 2 heterocycles. The van der Waals surface area contributed by atoms with E-state index < -0.39 is 15.3 Å². The molecule has 2 atom stereocenters. The first-order chi connectivity index (χ1) is 8.59. The number of hydrogen-bond donors (Lipinski definition) is 2. The lowest BCUT2D eigenvalue weighted by atomic mass is 10.2. The quantitative estimate of drug-likeness (QED) is 0.833. The third kappa shape index (κ3) is 4.38. The fraction of sp³-hybridized carbons (Fsp3) is 0.636. The molecule has 0 spiro atoms. The van der Waals surface area contributed by atoms with Crippen LogP contribution in [-0.4, -0.2) is 37.5 Å². The third-order valence-electron chi connectivity index (χ3n) is 3.16. The molecule has 19 heavy (non-hydrogen) atoms. The summed E-state index contributed by atoms with van der Waals surface area (Å²) in [7, 11) is -3.39. The average Bonchev–Trinajstić information content (AvgIpc) is 2.90. The smallest absolute Gasteiger partial charge is 0.220 e. The SMILES string of the molecule is CC(c1cnccn1)S(=O)(=O)NCC1CCCN1.Cl. The zero-order valence-corrected chi connectivity index (χ0v) is 12.4. The van der Waals surface area contributed by atoms with E-state index in [2.05, 4.69) is 20.0 Å². The Labute approximate surface area is 119 Å². The molecule has 1 fully saturated rings. The summed E-state index contributed by atoms with van der Waals surface area (Å²) >= 11 is 0. The molecular weight excluding hydrogens is 288 g/mol. The van der Waals surface area contributed by atoms with E-state index in [0.29, 0.717) is 12.2 Å². The molecule has 1 aliphatic rings. The van der Waals surface area contributed by atoms with Crippen molar-refractivity contribution in [3.63, 3.8) is 0 Å². The summed E-state index contributed by atoms with van der Waals surface area (Å²) in [5, 5.41) is 2.57. The lowest BCUT2D eigenvalue weighted by Crippen LogP contribution is -2.38. The van der Waals surface area contributed by atoms with Crippen molar-refractivity contribution in [2.75, 3.05) is 13.1 Å². The van der Waals surface area contributed by atoms with Crippen molar-refractivity contribution in [3.8, 4) is 0 Å². The average molecular weight is 307 g/mol. The standard InChI is InChI=1S/C11H18N4O2S.ClH/c1-9(11-8-12-5-6-14-11)18(16,17)15-7-10-3-2-4-13-10;/h5-6,8-10,13,15H,2-4,7H2,1H3;1H. The maximum Gasteiger partial charge on any atom is 0.220 e. The van der Waals surface area contributed by atoms with E-state index in [1.165, 1.54) is 18.6 Å². The number of sulfonamides is 1. The van der Waals surface area contributed by atoms with Crippen LogP contribution in [0.15, 0.2) is 18.6 Å². The molecule has 0 amide bonds. The molecule has 1 aromatic heterocycles. The van der Waals surface area contributed by atoms with Gasteiger partial charge in [-0.05, 0) is 26.3 Å². The molecule has 2 rings (SSSR count). The summed E-state index contributed by atoms with van der Waals surface area (Å²) in [6.07, 6.45) is 6.63. The Bertz CT molecular complexity index is 477. The first kappa shape index (κ1) is 16.3. The number of nitrogens with one attached hydrogen (secondary N) is 2. The van der Waals surface area contributed by atoms with Crippen LogP contribution >= 0.6 is 12.4 Å². The molecule has 0 saturated carbocycles. The van der Waals surface area contributed by atoms with Gasteiger partial charge in [-0.15, -0.1) is 12.4 Å². The van der Waals surface area contributed by atoms with Gasteiger partial charge in [0, 0.05) is 31.2 Å². The van der Waals surface area contributed by atoms with Gasteiger partial charge in [0.15, 0.2) is 0 Å². The molecule has 0 bridgehead atoms. The van der Waals surface area contributed by atoms with E-state index in [1.807, 2.05) is 0 Å². The van der Waals surface area contributed by atoms with Crippen LogP contribution in [0.25, 0.3) is 0 Å². The maximum atomic E-state index is 12.1. The Balaban J connectivity index is 0.00000180. The van der Waals surface area contributed by atoms with Crippen molar-refractivity contribution in [1.82, 2.24) is 20.0 Å². The molecule has 2 unspecified atom stereocenters. The van der Waals surface area contributed by atoms with Crippen LogP contribution in [0.3, 0.4) is 0 Å². The van der Waals surface area contributed by atoms with Gasteiger partial charge in [-0.3, -0.25) is 9.97 Å². The van der Waals surface area contributed by atoms with Gasteiger partial charge in [-0.25, -0.2) is 13.1 Å². The van der Waals surface area contributed by atoms with Gasteiger partial charge in [0.05, 0.1) is 5.69 Å². The first-order valence-electron chi connectivity index (χ1n) is 6.07. The van der Waals surface area contributed by atoms with E-state index >= 15 is 0 Å². The Morgan fingerprint density at radius 3 is 2.89 bits per heavy atom. The van der Waals surface area contributed by atoms with Crippen LogP contribution in [0, 0.1) is 0 Å². The second-order valence-electron chi connectivity index (χ2n) is 4.46. The molecule has 2 N–H and O–H groups in total. The number of hydrogen-bond acceptors (Lipinski definition) is 5. The predicted octanol–water partition coefficient (Wildman–Crippen LogP) is 0.631. The predicted molar refractivity (Wildman–Crippen MR) is 75.6 cm³/mol. The molecule has 1 aliphatic heterocycles. The second-order valence-corrected chi connectivity index (χ2v) is 6.55. The molecule has 0 radical (unpaired) electrons. The zero-order valence-electron chi connectivity index (χ0n) is 10.7. The van der Waals surface area contributed by atoms with Gasteiger partial charge in [0.2, 0.25) is 10.0 Å². The van der Waals surface area contributed by atoms with E-state index in [9.17, 15) is 8.42 Å². The van der Waals surface area contributed by atoms with Crippen molar-refractivity contribution < 1.29 is 8.42 Å². The normalized spacial score (nSPS) is 20.8. The summed E-state index contributed by atoms with van der Waals surface area (Å²) in [5.74, 6) is 0. The minimum Gasteiger partial charge on any atom is -0.313 e. The lowest BCUT2D eigenvalue weighted by Gasteiger charge is -2.16. The van der Waals surface area contributed by atoms with Gasteiger partial charge in [0.25, 0.3) is 0 Å². The van der Waals surface area contributed by atoms with Crippen LogP contribution in [0.2, 0.25) is 0 Å². The minimum atomic E-state index is -3.39. The molecule has 108 valence electrons. The monoisotopic (exact) mass is 306 g/mol. The van der Waals surface area contributed by atoms with Gasteiger partial charge in [-0.1, -0.05) is 0 Å².